The maximum absolute atomic E-state index is 4.32. The molecule has 0 amide bonds. The van der Waals surface area contributed by atoms with Gasteiger partial charge in [-0.2, -0.15) is 0 Å². The monoisotopic (exact) mass is 231 g/mol. The van der Waals surface area contributed by atoms with Crippen LogP contribution < -0.4 is 10.3 Å². The zero-order valence-corrected chi connectivity index (χ0v) is 10.2. The Morgan fingerprint density at radius 1 is 1.35 bits per heavy atom. The van der Waals surface area contributed by atoms with Crippen molar-refractivity contribution in [3.63, 3.8) is 0 Å². The predicted octanol–water partition coefficient (Wildman–Crippen LogP) is 1.30. The van der Waals surface area contributed by atoms with E-state index in [0.29, 0.717) is 12.6 Å². The van der Waals surface area contributed by atoms with Gasteiger partial charge >= 0.3 is 0 Å². The average Bonchev–Trinajstić information content (AvgIpc) is 2.42. The van der Waals surface area contributed by atoms with E-state index in [1.165, 1.54) is 0 Å². The lowest BCUT2D eigenvalue weighted by Gasteiger charge is -2.34. The first kappa shape index (κ1) is 11.4. The second-order valence-electron chi connectivity index (χ2n) is 3.61. The fourth-order valence-electron chi connectivity index (χ4n) is 1.73. The molecule has 2 rings (SSSR count). The van der Waals surface area contributed by atoms with Crippen LogP contribution in [0.1, 0.15) is 6.92 Å². The van der Waals surface area contributed by atoms with Crippen molar-refractivity contribution in [3.8, 4) is 0 Å². The molecule has 0 atom stereocenters. The highest BCUT2D eigenvalue weighted by molar-refractivity contribution is 5.88. The minimum Gasteiger partial charge on any atom is -0.357 e. The van der Waals surface area contributed by atoms with Crippen LogP contribution in [0.3, 0.4) is 0 Å². The summed E-state index contributed by atoms with van der Waals surface area (Å²) >= 11 is 0. The van der Waals surface area contributed by atoms with Gasteiger partial charge in [0.25, 0.3) is 0 Å². The number of hydrogen-bond acceptors (Lipinski definition) is 5. The van der Waals surface area contributed by atoms with Crippen molar-refractivity contribution in [3.05, 3.63) is 30.3 Å². The molecule has 1 heterocycles. The maximum Gasteiger partial charge on any atom is 0.221 e. The quantitative estimate of drug-likeness (QED) is 0.853. The largest absolute Gasteiger partial charge is 0.357 e. The van der Waals surface area contributed by atoms with E-state index in [9.17, 15) is 0 Å². The van der Waals surface area contributed by atoms with Crippen molar-refractivity contribution in [1.82, 2.24) is 10.3 Å². The number of guanidine groups is 1. The van der Waals surface area contributed by atoms with Crippen LogP contribution in [0.5, 0.6) is 0 Å². The van der Waals surface area contributed by atoms with Gasteiger partial charge in [0.2, 0.25) is 5.96 Å². The Labute approximate surface area is 101 Å². The van der Waals surface area contributed by atoms with Crippen molar-refractivity contribution in [1.29, 1.82) is 0 Å². The molecular weight excluding hydrogens is 214 g/mol. The summed E-state index contributed by atoms with van der Waals surface area (Å²) in [5.74, 6) is 0.672. The standard InChI is InChI=1S/C12H17N5/c1-3-17(11-7-5-4-6-8-11)16-9-14-12(13-2)15-10-16/h4-9H,3,10H2,1-2H3,(H,13,15). The van der Waals surface area contributed by atoms with Gasteiger partial charge in [0.05, 0.1) is 5.69 Å². The van der Waals surface area contributed by atoms with Crippen LogP contribution in [-0.2, 0) is 0 Å². The molecule has 90 valence electrons. The lowest BCUT2D eigenvalue weighted by atomic mass is 10.3. The van der Waals surface area contributed by atoms with Crippen molar-refractivity contribution < 1.29 is 0 Å². The third-order valence-corrected chi connectivity index (χ3v) is 2.57. The smallest absolute Gasteiger partial charge is 0.221 e. The van der Waals surface area contributed by atoms with Gasteiger partial charge < -0.3 is 5.32 Å². The van der Waals surface area contributed by atoms with E-state index in [1.807, 2.05) is 30.3 Å². The van der Waals surface area contributed by atoms with Crippen molar-refractivity contribution in [2.75, 3.05) is 25.3 Å². The molecule has 17 heavy (non-hydrogen) atoms. The van der Waals surface area contributed by atoms with Gasteiger partial charge in [-0.3, -0.25) is 10.0 Å². The minimum atomic E-state index is 0.586. The zero-order chi connectivity index (χ0) is 12.1. The molecule has 1 aromatic carbocycles. The highest BCUT2D eigenvalue weighted by Crippen LogP contribution is 2.15. The summed E-state index contributed by atoms with van der Waals surface area (Å²) < 4.78 is 0. The Morgan fingerprint density at radius 2 is 2.12 bits per heavy atom. The number of benzene rings is 1. The first-order chi connectivity index (χ1) is 8.35. The van der Waals surface area contributed by atoms with Gasteiger partial charge in [-0.15, -0.1) is 0 Å². The van der Waals surface area contributed by atoms with Crippen LogP contribution in [0.2, 0.25) is 0 Å². The number of hydrogen-bond donors (Lipinski definition) is 1. The summed E-state index contributed by atoms with van der Waals surface area (Å²) in [5, 5.41) is 7.06. The lowest BCUT2D eigenvalue weighted by molar-refractivity contribution is 0.407. The molecule has 0 bridgehead atoms. The molecule has 1 N–H and O–H groups in total. The molecule has 0 saturated carbocycles. The Hall–Kier alpha value is -2.04. The lowest BCUT2D eigenvalue weighted by Crippen LogP contribution is -2.44. The van der Waals surface area contributed by atoms with Gasteiger partial charge in [0.1, 0.15) is 13.0 Å². The Balaban J connectivity index is 2.12. The highest BCUT2D eigenvalue weighted by Gasteiger charge is 2.13. The number of rotatable bonds is 3. The SMILES string of the molecule is CCN(c1ccccc1)N1C=NC(NC)=NC1. The number of para-hydroxylation sites is 1. The van der Waals surface area contributed by atoms with E-state index in [4.69, 9.17) is 0 Å². The molecule has 0 unspecified atom stereocenters. The van der Waals surface area contributed by atoms with Gasteiger partial charge in [-0.1, -0.05) is 18.2 Å². The Bertz CT molecular complexity index is 412. The van der Waals surface area contributed by atoms with Crippen LogP contribution in [0.15, 0.2) is 40.3 Å². The van der Waals surface area contributed by atoms with E-state index >= 15 is 0 Å². The first-order valence-corrected chi connectivity index (χ1v) is 5.70. The Kier molecular flexibility index (Phi) is 3.59. The molecule has 5 heteroatoms. The number of nitrogens with zero attached hydrogens (tertiary/aromatic N) is 4. The van der Waals surface area contributed by atoms with Crippen LogP contribution in [0.25, 0.3) is 0 Å². The van der Waals surface area contributed by atoms with E-state index in [-0.39, 0.29) is 0 Å². The molecule has 5 nitrogen and oxygen atoms in total. The van der Waals surface area contributed by atoms with Gasteiger partial charge in [-0.25, -0.2) is 9.98 Å². The number of hydrazine groups is 1. The first-order valence-electron chi connectivity index (χ1n) is 5.70. The highest BCUT2D eigenvalue weighted by atomic mass is 15.7. The fraction of sp³-hybridized carbons (Fsp3) is 0.333. The molecule has 1 aromatic rings. The topological polar surface area (TPSA) is 43.2 Å². The molecule has 0 fully saturated rings. The molecule has 0 aromatic heterocycles. The molecule has 1 aliphatic heterocycles. The summed E-state index contributed by atoms with van der Waals surface area (Å²) in [6.07, 6.45) is 1.80. The van der Waals surface area contributed by atoms with Crippen LogP contribution in [-0.4, -0.2) is 37.6 Å². The molecule has 0 radical (unpaired) electrons. The average molecular weight is 231 g/mol. The predicted molar refractivity (Wildman–Crippen MR) is 71.2 cm³/mol. The number of nitrogens with one attached hydrogen (secondary N) is 1. The third kappa shape index (κ3) is 2.55. The van der Waals surface area contributed by atoms with E-state index < -0.39 is 0 Å². The van der Waals surface area contributed by atoms with Gasteiger partial charge in [0, 0.05) is 13.6 Å². The second kappa shape index (κ2) is 5.34. The van der Waals surface area contributed by atoms with Crippen LogP contribution in [0.4, 0.5) is 5.69 Å². The maximum atomic E-state index is 4.32. The van der Waals surface area contributed by atoms with Gasteiger partial charge in [0.15, 0.2) is 0 Å². The van der Waals surface area contributed by atoms with E-state index in [0.717, 1.165) is 12.2 Å². The normalized spacial score (nSPS) is 14.5. The molecule has 1 aliphatic rings. The molecular formula is C12H17N5. The second-order valence-corrected chi connectivity index (χ2v) is 3.61. The van der Waals surface area contributed by atoms with Gasteiger partial charge in [-0.05, 0) is 19.1 Å². The van der Waals surface area contributed by atoms with Crippen molar-refractivity contribution in [2.24, 2.45) is 9.98 Å². The minimum absolute atomic E-state index is 0.586. The molecule has 0 aliphatic carbocycles. The van der Waals surface area contributed by atoms with Crippen molar-refractivity contribution >= 4 is 18.0 Å². The third-order valence-electron chi connectivity index (χ3n) is 2.57. The molecule has 0 saturated heterocycles. The summed E-state index contributed by atoms with van der Waals surface area (Å²) in [6.45, 7) is 3.57. The zero-order valence-electron chi connectivity index (χ0n) is 10.2. The van der Waals surface area contributed by atoms with E-state index in [1.54, 1.807) is 6.34 Å². The van der Waals surface area contributed by atoms with E-state index in [2.05, 4.69) is 39.4 Å². The van der Waals surface area contributed by atoms with Crippen LogP contribution in [0, 0.1) is 0 Å². The number of aliphatic imine (C=N–C) groups is 2. The summed E-state index contributed by atoms with van der Waals surface area (Å²) in [4.78, 5) is 8.54. The summed E-state index contributed by atoms with van der Waals surface area (Å²) in [7, 11) is 1.82. The summed E-state index contributed by atoms with van der Waals surface area (Å²) in [6, 6.07) is 10.2. The number of anilines is 1. The van der Waals surface area contributed by atoms with Crippen molar-refractivity contribution in [2.45, 2.75) is 6.92 Å². The Morgan fingerprint density at radius 3 is 2.65 bits per heavy atom. The summed E-state index contributed by atoms with van der Waals surface area (Å²) in [5.41, 5.74) is 1.14. The molecule has 0 spiro atoms. The fourth-order valence-corrected chi connectivity index (χ4v) is 1.73. The van der Waals surface area contributed by atoms with Crippen LogP contribution >= 0.6 is 0 Å².